The average molecular weight is 684 g/mol. The van der Waals surface area contributed by atoms with Crippen LogP contribution in [0.4, 0.5) is 0 Å². The Morgan fingerprint density at radius 2 is 0.610 bits per heavy atom. The Morgan fingerprint density at radius 1 is 0.390 bits per heavy atom. The van der Waals surface area contributed by atoms with E-state index in [9.17, 15) is 0 Å². The van der Waals surface area contributed by atoms with Crippen molar-refractivity contribution in [3.05, 3.63) is 60.7 Å². The quantitative estimate of drug-likeness (QED) is 0.184. The maximum absolute atomic E-state index is 2.69. The molecule has 4 radical (unpaired) electrons. The first-order chi connectivity index (χ1) is 19.0. The van der Waals surface area contributed by atoms with E-state index in [1.807, 2.05) is 0 Å². The van der Waals surface area contributed by atoms with Crippen molar-refractivity contribution in [2.24, 2.45) is 0 Å². The monoisotopic (exact) mass is 684 g/mol. The van der Waals surface area contributed by atoms with Gasteiger partial charge in [-0.3, -0.25) is 0 Å². The second kappa shape index (κ2) is 17.4. The van der Waals surface area contributed by atoms with Gasteiger partial charge in [-0.05, 0) is 0 Å². The van der Waals surface area contributed by atoms with Gasteiger partial charge in [0, 0.05) is 30.8 Å². The van der Waals surface area contributed by atoms with Crippen LogP contribution >= 0.6 is 0 Å². The molecule has 0 aliphatic heterocycles. The molecule has 0 nitrogen and oxygen atoms in total. The SMILES string of the molecule is CC(C)[Si](C(C)C)[Si](C(C)C)(C(C)C)[Si](C(C)C)(C(C)C)[Si](C(C)C)C(C)C.c1cc[c]([Ge][c]2ccccc2)cc1. The van der Waals surface area contributed by atoms with Crippen LogP contribution in [0, 0.1) is 0 Å². The summed E-state index contributed by atoms with van der Waals surface area (Å²) in [5, 5.41) is 0. The van der Waals surface area contributed by atoms with E-state index < -0.39 is 30.8 Å². The third-order valence-corrected chi connectivity index (χ3v) is 73.3. The summed E-state index contributed by atoms with van der Waals surface area (Å²) in [6.45, 7) is 42.4. The van der Waals surface area contributed by atoms with E-state index in [0.717, 1.165) is 44.3 Å². The molecule has 230 valence electrons. The first-order valence-electron chi connectivity index (χ1n) is 16.6. The van der Waals surface area contributed by atoms with Crippen LogP contribution in [0.25, 0.3) is 0 Å². The molecule has 2 aromatic carbocycles. The second-order valence-corrected chi connectivity index (χ2v) is 48.6. The van der Waals surface area contributed by atoms with Gasteiger partial charge in [0.2, 0.25) is 0 Å². The first-order valence-corrected chi connectivity index (χ1v) is 29.3. The van der Waals surface area contributed by atoms with Crippen molar-refractivity contribution in [3.63, 3.8) is 0 Å². The summed E-state index contributed by atoms with van der Waals surface area (Å²) < 4.78 is 2.99. The molecule has 0 saturated heterocycles. The Morgan fingerprint density at radius 3 is 0.780 bits per heavy atom. The molecule has 0 aliphatic rings. The minimum atomic E-state index is -1.51. The fourth-order valence-electron chi connectivity index (χ4n) is 9.51. The average Bonchev–Trinajstić information content (AvgIpc) is 2.85. The molecular formula is C36H66GeSi4. The summed E-state index contributed by atoms with van der Waals surface area (Å²) in [5.74, 6) is 0. The van der Waals surface area contributed by atoms with Gasteiger partial charge >= 0.3 is 84.9 Å². The first kappa shape index (κ1) is 38.9. The van der Waals surface area contributed by atoms with Crippen LogP contribution in [-0.2, 0) is 0 Å². The van der Waals surface area contributed by atoms with Crippen molar-refractivity contribution >= 4 is 55.1 Å². The molecule has 41 heavy (non-hydrogen) atoms. The van der Waals surface area contributed by atoms with E-state index in [4.69, 9.17) is 0 Å². The summed E-state index contributed by atoms with van der Waals surface area (Å²) in [6.07, 6.45) is 0. The molecule has 2 rings (SSSR count). The van der Waals surface area contributed by atoms with Gasteiger partial charge in [-0.25, -0.2) is 0 Å². The molecule has 0 N–H and O–H groups in total. The summed E-state index contributed by atoms with van der Waals surface area (Å²) in [7, 11) is -3.84. The predicted octanol–water partition coefficient (Wildman–Crippen LogP) is 10.7. The number of rotatable bonds is 13. The number of hydrogen-bond donors (Lipinski definition) is 0. The van der Waals surface area contributed by atoms with Crippen LogP contribution in [0.2, 0.25) is 44.3 Å². The van der Waals surface area contributed by atoms with Gasteiger partial charge in [0.25, 0.3) is 0 Å². The van der Waals surface area contributed by atoms with E-state index >= 15 is 0 Å². The third kappa shape index (κ3) is 8.73. The zero-order valence-electron chi connectivity index (χ0n) is 29.9. The van der Waals surface area contributed by atoms with E-state index in [1.54, 1.807) is 0 Å². The van der Waals surface area contributed by atoms with Crippen molar-refractivity contribution in [3.8, 4) is 0 Å². The van der Waals surface area contributed by atoms with Gasteiger partial charge in [0.15, 0.2) is 0 Å². The van der Waals surface area contributed by atoms with Crippen molar-refractivity contribution in [2.45, 2.75) is 155 Å². The molecule has 0 amide bonds. The summed E-state index contributed by atoms with van der Waals surface area (Å²) in [4.78, 5) is 0. The van der Waals surface area contributed by atoms with E-state index in [1.165, 1.54) is 8.79 Å². The Bertz CT molecular complexity index is 856. The van der Waals surface area contributed by atoms with Crippen LogP contribution in [0.1, 0.15) is 111 Å². The summed E-state index contributed by atoms with van der Waals surface area (Å²) in [5.41, 5.74) is 7.37. The van der Waals surface area contributed by atoms with Gasteiger partial charge in [0.1, 0.15) is 0 Å². The van der Waals surface area contributed by atoms with Crippen LogP contribution in [0.15, 0.2) is 60.7 Å². The van der Waals surface area contributed by atoms with Crippen molar-refractivity contribution < 1.29 is 0 Å². The van der Waals surface area contributed by atoms with E-state index in [2.05, 4.69) is 171 Å². The molecule has 0 atom stereocenters. The van der Waals surface area contributed by atoms with Crippen molar-refractivity contribution in [2.75, 3.05) is 0 Å². The zero-order chi connectivity index (χ0) is 31.7. The van der Waals surface area contributed by atoms with Gasteiger partial charge in [-0.15, -0.1) is 0 Å². The fourth-order valence-corrected chi connectivity index (χ4v) is 99.3. The molecule has 2 aromatic rings. The Balaban J connectivity index is 0.000000528. The summed E-state index contributed by atoms with van der Waals surface area (Å²) in [6, 6.07) is 21.5. The third-order valence-electron chi connectivity index (χ3n) is 9.61. The molecule has 0 spiro atoms. The molecule has 0 aliphatic carbocycles. The maximum atomic E-state index is 2.69. The molecule has 5 heteroatoms. The van der Waals surface area contributed by atoms with Crippen LogP contribution in [0.3, 0.4) is 0 Å². The van der Waals surface area contributed by atoms with Crippen molar-refractivity contribution in [1.29, 1.82) is 0 Å². The van der Waals surface area contributed by atoms with Gasteiger partial charge in [-0.2, -0.15) is 0 Å². The van der Waals surface area contributed by atoms with Crippen LogP contribution in [-0.4, -0.2) is 46.3 Å². The van der Waals surface area contributed by atoms with Gasteiger partial charge in [0.05, 0.1) is 0 Å². The summed E-state index contributed by atoms with van der Waals surface area (Å²) >= 11 is -0.108. The zero-order valence-corrected chi connectivity index (χ0v) is 36.0. The molecule has 0 saturated carbocycles. The standard InChI is InChI=1S/C24H56Si4.C12H10Ge/c1-17(2)25(18(3)4)27(21(9)10,22(11)12)28(23(13)14,24(15)16)26(19(5)6)20(7)8;1-3-7-11(8-4-1)13-12-9-5-2-6-10-12/h17-24H,1-16H3;1-10H. The molecule has 0 fully saturated rings. The molecule has 0 aromatic heterocycles. The Hall–Kier alpha value is -0.150. The van der Waals surface area contributed by atoms with Crippen molar-refractivity contribution in [1.82, 2.24) is 0 Å². The Labute approximate surface area is 269 Å². The molecular weight excluding hydrogens is 617 g/mol. The number of benzene rings is 2. The minimum absolute atomic E-state index is 0.108. The normalized spacial score (nSPS) is 13.2. The fraction of sp³-hybridized carbons (Fsp3) is 0.667. The van der Waals surface area contributed by atoms with Crippen LogP contribution in [0.5, 0.6) is 0 Å². The van der Waals surface area contributed by atoms with Gasteiger partial charge < -0.3 is 0 Å². The molecule has 0 heterocycles. The van der Waals surface area contributed by atoms with E-state index in [0.29, 0.717) is 0 Å². The van der Waals surface area contributed by atoms with E-state index in [-0.39, 0.29) is 15.4 Å². The topological polar surface area (TPSA) is 0 Å². The Kier molecular flexibility index (Phi) is 16.5. The predicted molar refractivity (Wildman–Crippen MR) is 202 cm³/mol. The number of hydrogen-bond acceptors (Lipinski definition) is 0. The molecule has 0 unspecified atom stereocenters. The molecule has 0 bridgehead atoms. The van der Waals surface area contributed by atoms with Crippen LogP contribution < -0.4 is 8.79 Å². The van der Waals surface area contributed by atoms with Gasteiger partial charge in [-0.1, -0.05) is 155 Å². The second-order valence-electron chi connectivity index (χ2n) is 14.7.